The number of primary amides is 1. The first-order chi connectivity index (χ1) is 5.95. The fourth-order valence-electron chi connectivity index (χ4n) is 0.789. The fourth-order valence-corrected chi connectivity index (χ4v) is 1.67. The number of amides is 1. The van der Waals surface area contributed by atoms with Gasteiger partial charge in [0.25, 0.3) is 5.91 Å². The Balaban J connectivity index is 3.56. The van der Waals surface area contributed by atoms with Crippen LogP contribution in [-0.4, -0.2) is 5.91 Å². The molecule has 0 aliphatic carbocycles. The van der Waals surface area contributed by atoms with Gasteiger partial charge in [-0.05, 0) is 37.9 Å². The molecular formula is C7H3Br2F2NO. The smallest absolute Gasteiger partial charge is 0.252 e. The Labute approximate surface area is 89.4 Å². The first-order valence-electron chi connectivity index (χ1n) is 3.08. The van der Waals surface area contributed by atoms with Gasteiger partial charge < -0.3 is 5.73 Å². The van der Waals surface area contributed by atoms with Crippen molar-refractivity contribution in [2.45, 2.75) is 0 Å². The van der Waals surface area contributed by atoms with Crippen LogP contribution in [-0.2, 0) is 0 Å². The van der Waals surface area contributed by atoms with Crippen LogP contribution < -0.4 is 5.73 Å². The Morgan fingerprint density at radius 2 is 1.92 bits per heavy atom. The number of hydrogen-bond acceptors (Lipinski definition) is 1. The highest BCUT2D eigenvalue weighted by Crippen LogP contribution is 2.28. The van der Waals surface area contributed by atoms with E-state index in [0.29, 0.717) is 0 Å². The van der Waals surface area contributed by atoms with Crippen LogP contribution in [0.3, 0.4) is 0 Å². The fraction of sp³-hybridized carbons (Fsp3) is 0. The summed E-state index contributed by atoms with van der Waals surface area (Å²) < 4.78 is 25.7. The predicted molar refractivity (Wildman–Crippen MR) is 50.3 cm³/mol. The summed E-state index contributed by atoms with van der Waals surface area (Å²) in [6, 6.07) is 0.909. The van der Waals surface area contributed by atoms with Crippen molar-refractivity contribution in [1.29, 1.82) is 0 Å². The molecule has 0 saturated heterocycles. The van der Waals surface area contributed by atoms with Gasteiger partial charge in [0.15, 0.2) is 5.82 Å². The molecule has 0 heterocycles. The zero-order valence-corrected chi connectivity index (χ0v) is 9.25. The second-order valence-corrected chi connectivity index (χ2v) is 3.85. The van der Waals surface area contributed by atoms with Gasteiger partial charge in [0.1, 0.15) is 5.82 Å². The van der Waals surface area contributed by atoms with Crippen molar-refractivity contribution in [1.82, 2.24) is 0 Å². The predicted octanol–water partition coefficient (Wildman–Crippen LogP) is 2.59. The molecule has 0 aliphatic heterocycles. The highest BCUT2D eigenvalue weighted by molar-refractivity contribution is 9.11. The Kier molecular flexibility index (Phi) is 3.02. The Morgan fingerprint density at radius 1 is 1.38 bits per heavy atom. The van der Waals surface area contributed by atoms with E-state index in [4.69, 9.17) is 5.73 Å². The lowest BCUT2D eigenvalue weighted by molar-refractivity contribution is 0.0995. The van der Waals surface area contributed by atoms with Crippen molar-refractivity contribution in [3.8, 4) is 0 Å². The molecule has 0 atom stereocenters. The summed E-state index contributed by atoms with van der Waals surface area (Å²) in [5.41, 5.74) is 4.36. The quantitative estimate of drug-likeness (QED) is 0.796. The molecule has 0 fully saturated rings. The van der Waals surface area contributed by atoms with E-state index < -0.39 is 23.1 Å². The third-order valence-corrected chi connectivity index (χ3v) is 2.71. The Bertz CT molecular complexity index is 355. The lowest BCUT2D eigenvalue weighted by Gasteiger charge is -2.04. The van der Waals surface area contributed by atoms with Crippen molar-refractivity contribution in [3.05, 3.63) is 32.2 Å². The molecule has 6 heteroatoms. The molecule has 0 aliphatic rings. The van der Waals surface area contributed by atoms with Crippen molar-refractivity contribution in [2.75, 3.05) is 0 Å². The van der Waals surface area contributed by atoms with Crippen LogP contribution in [0.1, 0.15) is 10.4 Å². The summed E-state index contributed by atoms with van der Waals surface area (Å²) in [7, 11) is 0. The second-order valence-electron chi connectivity index (χ2n) is 2.21. The minimum absolute atomic E-state index is 0.137. The number of carbonyl (C=O) groups is 1. The van der Waals surface area contributed by atoms with Gasteiger partial charge in [-0.25, -0.2) is 8.78 Å². The summed E-state index contributed by atoms with van der Waals surface area (Å²) in [5, 5.41) is 0. The summed E-state index contributed by atoms with van der Waals surface area (Å²) in [6.45, 7) is 0. The zero-order chi connectivity index (χ0) is 10.2. The zero-order valence-electron chi connectivity index (χ0n) is 6.07. The molecule has 0 bridgehead atoms. The number of rotatable bonds is 1. The lowest BCUT2D eigenvalue weighted by atomic mass is 10.2. The van der Waals surface area contributed by atoms with E-state index >= 15 is 0 Å². The van der Waals surface area contributed by atoms with Crippen LogP contribution in [0.25, 0.3) is 0 Å². The van der Waals surface area contributed by atoms with Gasteiger partial charge in [-0.2, -0.15) is 0 Å². The van der Waals surface area contributed by atoms with E-state index in [0.717, 1.165) is 6.07 Å². The molecule has 1 aromatic carbocycles. The van der Waals surface area contributed by atoms with Crippen LogP contribution in [0.2, 0.25) is 0 Å². The van der Waals surface area contributed by atoms with Gasteiger partial charge in [0.2, 0.25) is 0 Å². The standard InChI is InChI=1S/C7H3Br2F2NO/c8-2-1-3(10)5(9)4(6(2)11)7(12)13/h1H,(H2,12,13). The Hall–Kier alpha value is -0.490. The minimum atomic E-state index is -1.02. The average molecular weight is 315 g/mol. The lowest BCUT2D eigenvalue weighted by Crippen LogP contribution is -2.15. The molecule has 0 aromatic heterocycles. The largest absolute Gasteiger partial charge is 0.365 e. The van der Waals surface area contributed by atoms with E-state index in [2.05, 4.69) is 31.9 Å². The third kappa shape index (κ3) is 1.88. The molecule has 0 unspecified atom stereocenters. The molecule has 1 aromatic rings. The summed E-state index contributed by atoms with van der Waals surface area (Å²) in [6.07, 6.45) is 0. The van der Waals surface area contributed by atoms with Crippen molar-refractivity contribution < 1.29 is 13.6 Å². The summed E-state index contributed by atoms with van der Waals surface area (Å²) >= 11 is 5.48. The van der Waals surface area contributed by atoms with E-state index in [1.165, 1.54) is 0 Å². The van der Waals surface area contributed by atoms with Crippen LogP contribution in [0.4, 0.5) is 8.78 Å². The second kappa shape index (κ2) is 3.71. The molecule has 1 rings (SSSR count). The number of hydrogen-bond donors (Lipinski definition) is 1. The van der Waals surface area contributed by atoms with E-state index in [-0.39, 0.29) is 8.95 Å². The van der Waals surface area contributed by atoms with Gasteiger partial charge in [-0.3, -0.25) is 4.79 Å². The van der Waals surface area contributed by atoms with Crippen LogP contribution in [0, 0.1) is 11.6 Å². The molecule has 2 nitrogen and oxygen atoms in total. The first kappa shape index (κ1) is 10.6. The summed E-state index contributed by atoms with van der Waals surface area (Å²) in [4.78, 5) is 10.7. The highest BCUT2D eigenvalue weighted by atomic mass is 79.9. The molecule has 0 spiro atoms. The van der Waals surface area contributed by atoms with Gasteiger partial charge in [-0.1, -0.05) is 0 Å². The van der Waals surface area contributed by atoms with Gasteiger partial charge >= 0.3 is 0 Å². The van der Waals surface area contributed by atoms with Crippen molar-refractivity contribution in [3.63, 3.8) is 0 Å². The van der Waals surface area contributed by atoms with Crippen LogP contribution in [0.15, 0.2) is 15.0 Å². The van der Waals surface area contributed by atoms with Gasteiger partial charge in [0.05, 0.1) is 14.5 Å². The van der Waals surface area contributed by atoms with Crippen molar-refractivity contribution in [2.24, 2.45) is 5.73 Å². The van der Waals surface area contributed by atoms with E-state index in [1.807, 2.05) is 0 Å². The van der Waals surface area contributed by atoms with Crippen LogP contribution >= 0.6 is 31.9 Å². The molecule has 13 heavy (non-hydrogen) atoms. The first-order valence-corrected chi connectivity index (χ1v) is 4.66. The normalized spacial score (nSPS) is 10.2. The van der Waals surface area contributed by atoms with Crippen molar-refractivity contribution >= 4 is 37.8 Å². The molecular weight excluding hydrogens is 312 g/mol. The maximum Gasteiger partial charge on any atom is 0.252 e. The van der Waals surface area contributed by atoms with Gasteiger partial charge in [0, 0.05) is 0 Å². The highest BCUT2D eigenvalue weighted by Gasteiger charge is 2.19. The monoisotopic (exact) mass is 313 g/mol. The summed E-state index contributed by atoms with van der Waals surface area (Å²) in [5.74, 6) is -2.65. The average Bonchev–Trinajstić information content (AvgIpc) is 2.01. The number of carbonyl (C=O) groups excluding carboxylic acids is 1. The maximum atomic E-state index is 13.1. The van der Waals surface area contributed by atoms with E-state index in [9.17, 15) is 13.6 Å². The minimum Gasteiger partial charge on any atom is -0.365 e. The number of benzene rings is 1. The van der Waals surface area contributed by atoms with E-state index in [1.54, 1.807) is 0 Å². The molecule has 0 radical (unpaired) electrons. The third-order valence-electron chi connectivity index (χ3n) is 1.36. The van der Waals surface area contributed by atoms with Crippen LogP contribution in [0.5, 0.6) is 0 Å². The SMILES string of the molecule is NC(=O)c1c(F)c(Br)cc(F)c1Br. The molecule has 0 saturated carbocycles. The molecule has 70 valence electrons. The Morgan fingerprint density at radius 3 is 2.38 bits per heavy atom. The molecule has 1 amide bonds. The number of halogens is 4. The maximum absolute atomic E-state index is 13.1. The number of nitrogens with two attached hydrogens (primary N) is 1. The molecule has 2 N–H and O–H groups in total. The topological polar surface area (TPSA) is 43.1 Å². The van der Waals surface area contributed by atoms with Gasteiger partial charge in [-0.15, -0.1) is 0 Å².